The highest BCUT2D eigenvalue weighted by Crippen LogP contribution is 2.22. The van der Waals surface area contributed by atoms with Gasteiger partial charge in [-0.05, 0) is 70.9 Å². The first-order chi connectivity index (χ1) is 15.6. The second-order valence-corrected chi connectivity index (χ2v) is 10.2. The predicted molar refractivity (Wildman–Crippen MR) is 126 cm³/mol. The summed E-state index contributed by atoms with van der Waals surface area (Å²) < 4.78 is 5.48. The minimum Gasteiger partial charge on any atom is -0.444 e. The maximum Gasteiger partial charge on any atom is 0.410 e. The summed E-state index contributed by atoms with van der Waals surface area (Å²) in [5.74, 6) is -0.138. The summed E-state index contributed by atoms with van der Waals surface area (Å²) in [6.07, 6.45) is 3.41. The maximum atomic E-state index is 13.4. The van der Waals surface area contributed by atoms with E-state index in [9.17, 15) is 14.4 Å². The molecule has 2 aliphatic heterocycles. The Labute approximate surface area is 196 Å². The van der Waals surface area contributed by atoms with Crippen LogP contribution in [0.15, 0.2) is 30.3 Å². The van der Waals surface area contributed by atoms with E-state index in [0.29, 0.717) is 44.9 Å². The van der Waals surface area contributed by atoms with Crippen molar-refractivity contribution < 1.29 is 19.1 Å². The summed E-state index contributed by atoms with van der Waals surface area (Å²) in [6.45, 7) is 8.15. The smallest absolute Gasteiger partial charge is 0.410 e. The molecule has 0 bridgehead atoms. The van der Waals surface area contributed by atoms with Crippen molar-refractivity contribution in [1.82, 2.24) is 15.1 Å². The van der Waals surface area contributed by atoms with Gasteiger partial charge in [0.1, 0.15) is 11.6 Å². The van der Waals surface area contributed by atoms with Gasteiger partial charge in [-0.25, -0.2) is 4.79 Å². The normalized spacial score (nSPS) is 20.5. The molecule has 8 heteroatoms. The van der Waals surface area contributed by atoms with Gasteiger partial charge in [0, 0.05) is 19.6 Å². The lowest BCUT2D eigenvalue weighted by Gasteiger charge is -2.34. The molecule has 1 aromatic carbocycles. The lowest BCUT2D eigenvalue weighted by Crippen LogP contribution is -2.53. The number of hydrogen-bond acceptors (Lipinski definition) is 5. The SMILES string of the molecule is CC(C)(C)OC(=O)N1CCC(CN[C@H](Cc2ccccc2)C(=O)N2CCC[C@H]2C(N)=O)CC1. The second kappa shape index (κ2) is 11.0. The molecule has 2 fully saturated rings. The number of hydrogen-bond donors (Lipinski definition) is 2. The number of nitrogens with two attached hydrogens (primary N) is 1. The van der Waals surface area contributed by atoms with E-state index in [1.807, 2.05) is 51.1 Å². The minimum absolute atomic E-state index is 0.0636. The van der Waals surface area contributed by atoms with Crippen molar-refractivity contribution in [1.29, 1.82) is 0 Å². The van der Waals surface area contributed by atoms with E-state index in [1.54, 1.807) is 9.80 Å². The lowest BCUT2D eigenvalue weighted by atomic mass is 9.96. The summed E-state index contributed by atoms with van der Waals surface area (Å²) in [4.78, 5) is 41.0. The first-order valence-electron chi connectivity index (χ1n) is 12.0. The fourth-order valence-electron chi connectivity index (χ4n) is 4.58. The highest BCUT2D eigenvalue weighted by molar-refractivity contribution is 5.89. The van der Waals surface area contributed by atoms with E-state index < -0.39 is 23.6 Å². The Morgan fingerprint density at radius 2 is 1.76 bits per heavy atom. The van der Waals surface area contributed by atoms with Crippen LogP contribution in [-0.2, 0) is 20.7 Å². The molecule has 2 atom stereocenters. The number of nitrogens with zero attached hydrogens (tertiary/aromatic N) is 2. The molecule has 2 saturated heterocycles. The van der Waals surface area contributed by atoms with Crippen LogP contribution in [0.2, 0.25) is 0 Å². The molecule has 0 unspecified atom stereocenters. The van der Waals surface area contributed by atoms with Gasteiger partial charge in [0.2, 0.25) is 11.8 Å². The van der Waals surface area contributed by atoms with Crippen molar-refractivity contribution in [3.8, 4) is 0 Å². The van der Waals surface area contributed by atoms with Crippen LogP contribution in [-0.4, -0.2) is 71.6 Å². The standard InChI is InChI=1S/C25H38N4O4/c1-25(2,3)33-24(32)28-14-11-19(12-15-28)17-27-20(16-18-8-5-4-6-9-18)23(31)29-13-7-10-21(29)22(26)30/h4-6,8-9,19-21,27H,7,10-17H2,1-3H3,(H2,26,30)/t20-,21+/m1/s1. The van der Waals surface area contributed by atoms with Gasteiger partial charge in [-0.3, -0.25) is 9.59 Å². The first kappa shape index (κ1) is 25.0. The Morgan fingerprint density at radius 3 is 2.36 bits per heavy atom. The number of primary amides is 1. The topological polar surface area (TPSA) is 105 Å². The van der Waals surface area contributed by atoms with Gasteiger partial charge in [0.05, 0.1) is 6.04 Å². The van der Waals surface area contributed by atoms with E-state index in [4.69, 9.17) is 10.5 Å². The number of carbonyl (C=O) groups excluding carboxylic acids is 3. The minimum atomic E-state index is -0.519. The van der Waals surface area contributed by atoms with E-state index in [2.05, 4.69) is 5.32 Å². The van der Waals surface area contributed by atoms with Gasteiger partial charge >= 0.3 is 6.09 Å². The maximum absolute atomic E-state index is 13.4. The zero-order valence-electron chi connectivity index (χ0n) is 20.1. The van der Waals surface area contributed by atoms with Crippen LogP contribution >= 0.6 is 0 Å². The molecule has 3 rings (SSSR count). The van der Waals surface area contributed by atoms with Gasteiger partial charge in [-0.15, -0.1) is 0 Å². The van der Waals surface area contributed by atoms with E-state index >= 15 is 0 Å². The second-order valence-electron chi connectivity index (χ2n) is 10.2. The first-order valence-corrected chi connectivity index (χ1v) is 12.0. The summed E-state index contributed by atoms with van der Waals surface area (Å²) in [5, 5.41) is 3.48. The van der Waals surface area contributed by atoms with Crippen molar-refractivity contribution in [2.45, 2.75) is 70.6 Å². The molecule has 0 saturated carbocycles. The Bertz CT molecular complexity index is 815. The van der Waals surface area contributed by atoms with Gasteiger partial charge in [-0.1, -0.05) is 30.3 Å². The van der Waals surface area contributed by atoms with E-state index in [-0.39, 0.29) is 12.0 Å². The molecule has 33 heavy (non-hydrogen) atoms. The number of ether oxygens (including phenoxy) is 1. The summed E-state index contributed by atoms with van der Waals surface area (Å²) >= 11 is 0. The molecular formula is C25H38N4O4. The molecule has 3 amide bonds. The largest absolute Gasteiger partial charge is 0.444 e. The van der Waals surface area contributed by atoms with Crippen LogP contribution in [0.25, 0.3) is 0 Å². The number of carbonyl (C=O) groups is 3. The van der Waals surface area contributed by atoms with Crippen molar-refractivity contribution in [2.75, 3.05) is 26.2 Å². The van der Waals surface area contributed by atoms with E-state index in [0.717, 1.165) is 24.8 Å². The van der Waals surface area contributed by atoms with Crippen molar-refractivity contribution in [3.63, 3.8) is 0 Å². The monoisotopic (exact) mass is 458 g/mol. The number of piperidine rings is 1. The van der Waals surface area contributed by atoms with Crippen LogP contribution in [0.1, 0.15) is 52.0 Å². The third kappa shape index (κ3) is 7.19. The van der Waals surface area contributed by atoms with Gasteiger partial charge in [0.15, 0.2) is 0 Å². The molecule has 3 N–H and O–H groups in total. The number of amides is 3. The van der Waals surface area contributed by atoms with Gasteiger partial charge < -0.3 is 25.6 Å². The lowest BCUT2D eigenvalue weighted by molar-refractivity contribution is -0.139. The third-order valence-corrected chi connectivity index (χ3v) is 6.36. The molecule has 0 spiro atoms. The zero-order valence-corrected chi connectivity index (χ0v) is 20.1. The third-order valence-electron chi connectivity index (χ3n) is 6.36. The molecule has 0 radical (unpaired) electrons. The molecule has 182 valence electrons. The Balaban J connectivity index is 1.59. The molecule has 8 nitrogen and oxygen atoms in total. The van der Waals surface area contributed by atoms with Gasteiger partial charge in [-0.2, -0.15) is 0 Å². The zero-order chi connectivity index (χ0) is 24.0. The van der Waals surface area contributed by atoms with Crippen molar-refractivity contribution in [3.05, 3.63) is 35.9 Å². The Kier molecular flexibility index (Phi) is 8.35. The van der Waals surface area contributed by atoms with Crippen molar-refractivity contribution in [2.24, 2.45) is 11.7 Å². The summed E-state index contributed by atoms with van der Waals surface area (Å²) in [7, 11) is 0. The summed E-state index contributed by atoms with van der Waals surface area (Å²) in [6, 6.07) is 8.96. The number of benzene rings is 1. The molecule has 0 aliphatic carbocycles. The van der Waals surface area contributed by atoms with E-state index in [1.165, 1.54) is 0 Å². The molecule has 1 aromatic rings. The predicted octanol–water partition coefficient (Wildman–Crippen LogP) is 2.31. The number of rotatable bonds is 7. The summed E-state index contributed by atoms with van der Waals surface area (Å²) in [5.41, 5.74) is 6.12. The van der Waals surface area contributed by atoms with Crippen LogP contribution < -0.4 is 11.1 Å². The van der Waals surface area contributed by atoms with Crippen LogP contribution in [0.4, 0.5) is 4.79 Å². The fraction of sp³-hybridized carbons (Fsp3) is 0.640. The van der Waals surface area contributed by atoms with Crippen LogP contribution in [0, 0.1) is 5.92 Å². The molecule has 2 heterocycles. The molecule has 0 aromatic heterocycles. The average molecular weight is 459 g/mol. The molecular weight excluding hydrogens is 420 g/mol. The highest BCUT2D eigenvalue weighted by Gasteiger charge is 2.36. The average Bonchev–Trinajstić information content (AvgIpc) is 3.26. The van der Waals surface area contributed by atoms with Crippen LogP contribution in [0.5, 0.6) is 0 Å². The number of nitrogens with one attached hydrogen (secondary N) is 1. The highest BCUT2D eigenvalue weighted by atomic mass is 16.6. The quantitative estimate of drug-likeness (QED) is 0.652. The Hall–Kier alpha value is -2.61. The Morgan fingerprint density at radius 1 is 1.09 bits per heavy atom. The van der Waals surface area contributed by atoms with Crippen molar-refractivity contribution >= 4 is 17.9 Å². The fourth-order valence-corrected chi connectivity index (χ4v) is 4.58. The van der Waals surface area contributed by atoms with Gasteiger partial charge in [0.25, 0.3) is 0 Å². The van der Waals surface area contributed by atoms with Crippen LogP contribution in [0.3, 0.4) is 0 Å². The number of likely N-dealkylation sites (tertiary alicyclic amines) is 2. The molecule has 2 aliphatic rings.